The monoisotopic (exact) mass is 407 g/mol. The number of rotatable bonds is 2. The molecule has 0 spiro atoms. The van der Waals surface area contributed by atoms with Crippen LogP contribution < -0.4 is 5.73 Å². The number of nitrogen functional groups attached to an aromatic ring is 1. The topological polar surface area (TPSA) is 69.6 Å². The molecule has 3 rings (SSSR count). The van der Waals surface area contributed by atoms with Crippen molar-refractivity contribution in [2.75, 3.05) is 5.73 Å². The van der Waals surface area contributed by atoms with Gasteiger partial charge < -0.3 is 5.73 Å². The van der Waals surface area contributed by atoms with Crippen LogP contribution in [0.1, 0.15) is 0 Å². The first-order chi connectivity index (χ1) is 10.0. The Morgan fingerprint density at radius 2 is 1.86 bits per heavy atom. The molecule has 2 N–H and O–H groups in total. The maximum atomic E-state index is 5.91. The summed E-state index contributed by atoms with van der Waals surface area (Å²) < 4.78 is 3.64. The van der Waals surface area contributed by atoms with Crippen LogP contribution in [-0.4, -0.2) is 19.7 Å². The summed E-state index contributed by atoms with van der Waals surface area (Å²) >= 11 is 6.93. The standard InChI is InChI=1S/C14H11Br2N5/c1-21-7-9(6-18-21)12-5-13(17)20-14(19-12)8-2-3-10(15)11(16)4-8/h2-7H,1H3,(H2,17,19,20). The molecule has 2 aromatic heterocycles. The second kappa shape index (κ2) is 5.57. The Labute approximate surface area is 138 Å². The average molecular weight is 409 g/mol. The summed E-state index contributed by atoms with van der Waals surface area (Å²) in [5.74, 6) is 1.01. The molecule has 0 aliphatic carbocycles. The number of nitrogens with zero attached hydrogens (tertiary/aromatic N) is 4. The molecule has 0 aliphatic rings. The highest BCUT2D eigenvalue weighted by Gasteiger charge is 2.10. The number of hydrogen-bond donors (Lipinski definition) is 1. The van der Waals surface area contributed by atoms with Crippen LogP contribution in [0.3, 0.4) is 0 Å². The van der Waals surface area contributed by atoms with Crippen molar-refractivity contribution in [2.24, 2.45) is 7.05 Å². The van der Waals surface area contributed by atoms with Crippen LogP contribution in [0.2, 0.25) is 0 Å². The highest BCUT2D eigenvalue weighted by Crippen LogP contribution is 2.29. The third-order valence-electron chi connectivity index (χ3n) is 2.92. The zero-order valence-electron chi connectivity index (χ0n) is 11.1. The zero-order chi connectivity index (χ0) is 15.0. The zero-order valence-corrected chi connectivity index (χ0v) is 14.3. The molecule has 0 atom stereocenters. The van der Waals surface area contributed by atoms with Crippen LogP contribution in [0.15, 0.2) is 45.6 Å². The van der Waals surface area contributed by atoms with E-state index in [-0.39, 0.29) is 0 Å². The van der Waals surface area contributed by atoms with E-state index in [1.54, 1.807) is 16.9 Å². The number of aromatic nitrogens is 4. The molecular formula is C14H11Br2N5. The minimum absolute atomic E-state index is 0.429. The molecular weight excluding hydrogens is 398 g/mol. The Morgan fingerprint density at radius 3 is 2.52 bits per heavy atom. The number of halogens is 2. The van der Waals surface area contributed by atoms with Crippen LogP contribution >= 0.6 is 31.9 Å². The Morgan fingerprint density at radius 1 is 1.05 bits per heavy atom. The van der Waals surface area contributed by atoms with Crippen LogP contribution in [0.25, 0.3) is 22.6 Å². The molecule has 0 saturated carbocycles. The maximum absolute atomic E-state index is 5.91. The number of nitrogens with two attached hydrogens (primary N) is 1. The smallest absolute Gasteiger partial charge is 0.162 e. The van der Waals surface area contributed by atoms with Crippen LogP contribution in [0.5, 0.6) is 0 Å². The Bertz CT molecular complexity index is 813. The van der Waals surface area contributed by atoms with Crippen LogP contribution in [-0.2, 0) is 7.05 Å². The third kappa shape index (κ3) is 2.98. The fourth-order valence-electron chi connectivity index (χ4n) is 1.93. The van der Waals surface area contributed by atoms with E-state index in [0.717, 1.165) is 25.8 Å². The Hall–Kier alpha value is -1.73. The van der Waals surface area contributed by atoms with Gasteiger partial charge in [-0.25, -0.2) is 9.97 Å². The average Bonchev–Trinajstić information content (AvgIpc) is 2.88. The summed E-state index contributed by atoms with van der Waals surface area (Å²) in [4.78, 5) is 8.89. The fourth-order valence-corrected chi connectivity index (χ4v) is 2.56. The van der Waals surface area contributed by atoms with Gasteiger partial charge in [-0.1, -0.05) is 0 Å². The largest absolute Gasteiger partial charge is 0.384 e. The number of benzene rings is 1. The quantitative estimate of drug-likeness (QED) is 0.702. The van der Waals surface area contributed by atoms with Gasteiger partial charge in [0, 0.05) is 39.4 Å². The lowest BCUT2D eigenvalue weighted by Gasteiger charge is -2.06. The van der Waals surface area contributed by atoms with Gasteiger partial charge in [-0.05, 0) is 50.1 Å². The molecule has 0 saturated heterocycles. The number of aryl methyl sites for hydroxylation is 1. The van der Waals surface area contributed by atoms with Gasteiger partial charge in [0.25, 0.3) is 0 Å². The second-order valence-corrected chi connectivity index (χ2v) is 6.24. The van der Waals surface area contributed by atoms with Gasteiger partial charge >= 0.3 is 0 Å². The van der Waals surface area contributed by atoms with Gasteiger partial charge in [0.15, 0.2) is 5.82 Å². The first kappa shape index (κ1) is 14.2. The highest BCUT2D eigenvalue weighted by molar-refractivity contribution is 9.13. The van der Waals surface area contributed by atoms with Crippen molar-refractivity contribution in [1.82, 2.24) is 19.7 Å². The molecule has 0 unspecified atom stereocenters. The SMILES string of the molecule is Cn1cc(-c2cc(N)nc(-c3ccc(Br)c(Br)c3)n2)cn1. The first-order valence-corrected chi connectivity index (χ1v) is 7.70. The summed E-state index contributed by atoms with van der Waals surface area (Å²) in [5.41, 5.74) is 8.46. The van der Waals surface area contributed by atoms with Crippen molar-refractivity contribution in [3.63, 3.8) is 0 Å². The van der Waals surface area contributed by atoms with Crippen molar-refractivity contribution < 1.29 is 0 Å². The summed E-state index contributed by atoms with van der Waals surface area (Å²) in [6.07, 6.45) is 3.64. The predicted octanol–water partition coefficient (Wildman–Crippen LogP) is 3.65. The molecule has 0 bridgehead atoms. The van der Waals surface area contributed by atoms with Gasteiger partial charge in [0.2, 0.25) is 0 Å². The van der Waals surface area contributed by atoms with Crippen molar-refractivity contribution in [2.45, 2.75) is 0 Å². The lowest BCUT2D eigenvalue weighted by molar-refractivity contribution is 0.768. The van der Waals surface area contributed by atoms with Crippen LogP contribution in [0, 0.1) is 0 Å². The maximum Gasteiger partial charge on any atom is 0.162 e. The van der Waals surface area contributed by atoms with Crippen LogP contribution in [0.4, 0.5) is 5.82 Å². The van der Waals surface area contributed by atoms with Crippen molar-refractivity contribution >= 4 is 37.7 Å². The molecule has 0 fully saturated rings. The summed E-state index contributed by atoms with van der Waals surface area (Å²) in [6.45, 7) is 0. The van der Waals surface area contributed by atoms with E-state index in [4.69, 9.17) is 5.73 Å². The molecule has 5 nitrogen and oxygen atoms in total. The van der Waals surface area contributed by atoms with Gasteiger partial charge in [-0.15, -0.1) is 0 Å². The van der Waals surface area contributed by atoms with Gasteiger partial charge in [0.1, 0.15) is 5.82 Å². The molecule has 21 heavy (non-hydrogen) atoms. The third-order valence-corrected chi connectivity index (χ3v) is 4.80. The van der Waals surface area contributed by atoms with Crippen molar-refractivity contribution in [3.8, 4) is 22.6 Å². The van der Waals surface area contributed by atoms with E-state index in [0.29, 0.717) is 11.6 Å². The summed E-state index contributed by atoms with van der Waals surface area (Å²) in [6, 6.07) is 7.58. The lowest BCUT2D eigenvalue weighted by atomic mass is 10.2. The molecule has 2 heterocycles. The molecule has 0 radical (unpaired) electrons. The predicted molar refractivity (Wildman–Crippen MR) is 89.5 cm³/mol. The minimum atomic E-state index is 0.429. The number of anilines is 1. The molecule has 106 valence electrons. The van der Waals surface area contributed by atoms with E-state index >= 15 is 0 Å². The van der Waals surface area contributed by atoms with Crippen molar-refractivity contribution in [1.29, 1.82) is 0 Å². The molecule has 0 aliphatic heterocycles. The highest BCUT2D eigenvalue weighted by atomic mass is 79.9. The minimum Gasteiger partial charge on any atom is -0.384 e. The normalized spacial score (nSPS) is 10.8. The van der Waals surface area contributed by atoms with Crippen molar-refractivity contribution in [3.05, 3.63) is 45.6 Å². The van der Waals surface area contributed by atoms with E-state index in [1.807, 2.05) is 31.4 Å². The first-order valence-electron chi connectivity index (χ1n) is 6.12. The lowest BCUT2D eigenvalue weighted by Crippen LogP contribution is -1.97. The van der Waals surface area contributed by atoms with E-state index in [2.05, 4.69) is 46.9 Å². The van der Waals surface area contributed by atoms with Gasteiger partial charge in [-0.2, -0.15) is 5.10 Å². The summed E-state index contributed by atoms with van der Waals surface area (Å²) in [5, 5.41) is 4.15. The van der Waals surface area contributed by atoms with Gasteiger partial charge in [0.05, 0.1) is 11.9 Å². The van der Waals surface area contributed by atoms with Gasteiger partial charge in [-0.3, -0.25) is 4.68 Å². The van der Waals surface area contributed by atoms with E-state index in [9.17, 15) is 0 Å². The molecule has 0 amide bonds. The molecule has 3 aromatic rings. The molecule has 1 aromatic carbocycles. The second-order valence-electron chi connectivity index (χ2n) is 4.53. The van der Waals surface area contributed by atoms with E-state index < -0.39 is 0 Å². The molecule has 7 heteroatoms. The Kier molecular flexibility index (Phi) is 3.77. The fraction of sp³-hybridized carbons (Fsp3) is 0.0714. The number of hydrogen-bond acceptors (Lipinski definition) is 4. The summed E-state index contributed by atoms with van der Waals surface area (Å²) in [7, 11) is 1.86. The Balaban J connectivity index is 2.11. The van der Waals surface area contributed by atoms with E-state index in [1.165, 1.54) is 0 Å².